The zero-order valence-corrected chi connectivity index (χ0v) is 7.83. The molecule has 0 saturated carbocycles. The van der Waals surface area contributed by atoms with Gasteiger partial charge in [-0.2, -0.15) is 0 Å². The first-order chi connectivity index (χ1) is 5.57. The first kappa shape index (κ1) is 11.2. The molecule has 0 rings (SSSR count). The first-order valence-corrected chi connectivity index (χ1v) is 3.91. The van der Waals surface area contributed by atoms with Gasteiger partial charge in [-0.05, 0) is 13.8 Å². The highest BCUT2D eigenvalue weighted by Gasteiger charge is 2.07. The molecule has 0 atom stereocenters. The Morgan fingerprint density at radius 1 is 1.67 bits per heavy atom. The average Bonchev–Trinajstić information content (AvgIpc) is 1.98. The molecule has 0 unspecified atom stereocenters. The van der Waals surface area contributed by atoms with Crippen molar-refractivity contribution < 1.29 is 9.63 Å². The molecule has 0 saturated heterocycles. The van der Waals surface area contributed by atoms with Crippen molar-refractivity contribution in [1.82, 2.24) is 10.2 Å². The van der Waals surface area contributed by atoms with E-state index in [1.165, 1.54) is 4.90 Å². The summed E-state index contributed by atoms with van der Waals surface area (Å²) in [7, 11) is 1.69. The van der Waals surface area contributed by atoms with Crippen LogP contribution >= 0.6 is 0 Å². The number of nitrogens with one attached hydrogen (secondary N) is 1. The van der Waals surface area contributed by atoms with Crippen molar-refractivity contribution in [2.75, 3.05) is 20.2 Å². The van der Waals surface area contributed by atoms with E-state index < -0.39 is 0 Å². The minimum Gasteiger partial charge on any atom is -0.336 e. The molecule has 3 N–H and O–H groups in total. The Balaban J connectivity index is 3.61. The second kappa shape index (κ2) is 5.79. The van der Waals surface area contributed by atoms with Crippen LogP contribution in [0.2, 0.25) is 0 Å². The van der Waals surface area contributed by atoms with Crippen molar-refractivity contribution in [2.45, 2.75) is 19.9 Å². The lowest BCUT2D eigenvalue weighted by molar-refractivity contribution is 0.117. The molecular formula is C7H17N3O2. The molecule has 0 spiro atoms. The number of hydrogen-bond donors (Lipinski definition) is 2. The maximum absolute atomic E-state index is 11.2. The van der Waals surface area contributed by atoms with Gasteiger partial charge in [-0.15, -0.1) is 0 Å². The fraction of sp³-hybridized carbons (Fsp3) is 0.857. The number of urea groups is 1. The van der Waals surface area contributed by atoms with Gasteiger partial charge in [-0.3, -0.25) is 0 Å². The first-order valence-electron chi connectivity index (χ1n) is 3.91. The second-order valence-electron chi connectivity index (χ2n) is 2.90. The molecule has 12 heavy (non-hydrogen) atoms. The summed E-state index contributed by atoms with van der Waals surface area (Å²) < 4.78 is 0. The van der Waals surface area contributed by atoms with Gasteiger partial charge in [-0.1, -0.05) is 0 Å². The van der Waals surface area contributed by atoms with Gasteiger partial charge in [0.05, 0.1) is 6.61 Å². The van der Waals surface area contributed by atoms with E-state index in [1.54, 1.807) is 7.05 Å². The van der Waals surface area contributed by atoms with E-state index in [4.69, 9.17) is 5.90 Å². The van der Waals surface area contributed by atoms with Crippen LogP contribution in [0.25, 0.3) is 0 Å². The monoisotopic (exact) mass is 175 g/mol. The van der Waals surface area contributed by atoms with Crippen molar-refractivity contribution in [3.8, 4) is 0 Å². The number of amides is 2. The molecule has 0 aromatic carbocycles. The zero-order valence-electron chi connectivity index (χ0n) is 7.83. The Morgan fingerprint density at radius 3 is 2.67 bits per heavy atom. The number of nitrogens with two attached hydrogens (primary N) is 1. The topological polar surface area (TPSA) is 67.6 Å². The van der Waals surface area contributed by atoms with Gasteiger partial charge < -0.3 is 15.1 Å². The maximum atomic E-state index is 11.2. The van der Waals surface area contributed by atoms with Crippen LogP contribution in [0.15, 0.2) is 0 Å². The van der Waals surface area contributed by atoms with E-state index in [-0.39, 0.29) is 12.1 Å². The lowest BCUT2D eigenvalue weighted by Gasteiger charge is -2.18. The summed E-state index contributed by atoms with van der Waals surface area (Å²) in [5, 5.41) is 2.74. The molecule has 0 heterocycles. The predicted molar refractivity (Wildman–Crippen MR) is 46.4 cm³/mol. The van der Waals surface area contributed by atoms with E-state index >= 15 is 0 Å². The molecule has 0 aliphatic rings. The molecule has 2 amide bonds. The van der Waals surface area contributed by atoms with Crippen LogP contribution in [0, 0.1) is 0 Å². The third-order valence-corrected chi connectivity index (χ3v) is 1.30. The van der Waals surface area contributed by atoms with E-state index in [0.29, 0.717) is 13.2 Å². The van der Waals surface area contributed by atoms with E-state index in [1.807, 2.05) is 13.8 Å². The average molecular weight is 175 g/mol. The Bertz CT molecular complexity index is 139. The lowest BCUT2D eigenvalue weighted by Crippen LogP contribution is -2.42. The molecule has 0 aromatic heterocycles. The summed E-state index contributed by atoms with van der Waals surface area (Å²) in [5.74, 6) is 4.82. The predicted octanol–water partition coefficient (Wildman–Crippen LogP) is -0.0735. The molecule has 0 aromatic rings. The number of carbonyl (C=O) groups is 1. The van der Waals surface area contributed by atoms with Gasteiger partial charge in [0.25, 0.3) is 0 Å². The maximum Gasteiger partial charge on any atom is 0.317 e. The van der Waals surface area contributed by atoms with Crippen molar-refractivity contribution in [1.29, 1.82) is 0 Å². The number of likely N-dealkylation sites (N-methyl/N-ethyl adjacent to an activating group) is 1. The number of nitrogens with zero attached hydrogens (tertiary/aromatic N) is 1. The third-order valence-electron chi connectivity index (χ3n) is 1.30. The molecule has 5 nitrogen and oxygen atoms in total. The number of carbonyl (C=O) groups excluding carboxylic acids is 1. The Morgan fingerprint density at radius 2 is 2.25 bits per heavy atom. The second-order valence-corrected chi connectivity index (χ2v) is 2.90. The number of rotatable bonds is 4. The van der Waals surface area contributed by atoms with Crippen LogP contribution < -0.4 is 11.2 Å². The lowest BCUT2D eigenvalue weighted by atomic mass is 10.4. The highest BCUT2D eigenvalue weighted by molar-refractivity contribution is 5.74. The SMILES string of the molecule is CC(C)NC(=O)N(C)CCON. The van der Waals surface area contributed by atoms with Crippen molar-refractivity contribution in [2.24, 2.45) is 5.90 Å². The van der Waals surface area contributed by atoms with Crippen molar-refractivity contribution >= 4 is 6.03 Å². The minimum absolute atomic E-state index is 0.109. The van der Waals surface area contributed by atoms with Gasteiger partial charge >= 0.3 is 6.03 Å². The van der Waals surface area contributed by atoms with Gasteiger partial charge in [0, 0.05) is 19.6 Å². The Kier molecular flexibility index (Phi) is 5.40. The van der Waals surface area contributed by atoms with Crippen LogP contribution in [0.4, 0.5) is 4.79 Å². The Hall–Kier alpha value is -0.810. The smallest absolute Gasteiger partial charge is 0.317 e. The molecular weight excluding hydrogens is 158 g/mol. The molecule has 0 aliphatic heterocycles. The summed E-state index contributed by atoms with van der Waals surface area (Å²) in [6, 6.07) is 0.0424. The highest BCUT2D eigenvalue weighted by Crippen LogP contribution is 1.86. The van der Waals surface area contributed by atoms with Crippen LogP contribution in [-0.4, -0.2) is 37.2 Å². The number of hydrogen-bond acceptors (Lipinski definition) is 3. The van der Waals surface area contributed by atoms with Crippen LogP contribution in [0.3, 0.4) is 0 Å². The van der Waals surface area contributed by atoms with Gasteiger partial charge in [0.2, 0.25) is 0 Å². The normalized spacial score (nSPS) is 10.1. The van der Waals surface area contributed by atoms with Gasteiger partial charge in [0.1, 0.15) is 0 Å². The van der Waals surface area contributed by atoms with E-state index in [2.05, 4.69) is 10.2 Å². The van der Waals surface area contributed by atoms with Gasteiger partial charge in [0.15, 0.2) is 0 Å². The largest absolute Gasteiger partial charge is 0.336 e. The van der Waals surface area contributed by atoms with Crippen molar-refractivity contribution in [3.63, 3.8) is 0 Å². The summed E-state index contributed by atoms with van der Waals surface area (Å²) >= 11 is 0. The molecule has 5 heteroatoms. The quantitative estimate of drug-likeness (QED) is 0.587. The Labute approximate surface area is 72.8 Å². The van der Waals surface area contributed by atoms with Crippen LogP contribution in [0.1, 0.15) is 13.8 Å². The molecule has 0 aliphatic carbocycles. The van der Waals surface area contributed by atoms with Gasteiger partial charge in [-0.25, -0.2) is 10.7 Å². The minimum atomic E-state index is -0.109. The summed E-state index contributed by atoms with van der Waals surface area (Å²) in [6.07, 6.45) is 0. The zero-order chi connectivity index (χ0) is 9.56. The van der Waals surface area contributed by atoms with Crippen LogP contribution in [-0.2, 0) is 4.84 Å². The standard InChI is InChI=1S/C7H17N3O2/c1-6(2)9-7(11)10(3)4-5-12-8/h6H,4-5,8H2,1-3H3,(H,9,11). The van der Waals surface area contributed by atoms with Crippen molar-refractivity contribution in [3.05, 3.63) is 0 Å². The van der Waals surface area contributed by atoms with Crippen LogP contribution in [0.5, 0.6) is 0 Å². The van der Waals surface area contributed by atoms with E-state index in [0.717, 1.165) is 0 Å². The molecule has 0 fully saturated rings. The fourth-order valence-corrected chi connectivity index (χ4v) is 0.648. The van der Waals surface area contributed by atoms with E-state index in [9.17, 15) is 4.79 Å². The molecule has 0 radical (unpaired) electrons. The summed E-state index contributed by atoms with van der Waals surface area (Å²) in [4.78, 5) is 17.0. The fourth-order valence-electron chi connectivity index (χ4n) is 0.648. The highest BCUT2D eigenvalue weighted by atomic mass is 16.6. The third kappa shape index (κ3) is 4.92. The summed E-state index contributed by atoms with van der Waals surface area (Å²) in [6.45, 7) is 4.66. The molecule has 0 bridgehead atoms. The molecule has 72 valence electrons. The summed E-state index contributed by atoms with van der Waals surface area (Å²) in [5.41, 5.74) is 0.